The van der Waals surface area contributed by atoms with Crippen LogP contribution < -0.4 is 5.73 Å². The highest BCUT2D eigenvalue weighted by Crippen LogP contribution is 2.28. The number of anilines is 1. The van der Waals surface area contributed by atoms with E-state index in [0.717, 1.165) is 5.56 Å². The van der Waals surface area contributed by atoms with Gasteiger partial charge in [-0.15, -0.1) is 0 Å². The Labute approximate surface area is 120 Å². The largest absolute Gasteiger partial charge is 0.478 e. The maximum Gasteiger partial charge on any atom is 0.337 e. The minimum Gasteiger partial charge on any atom is -0.478 e. The van der Waals surface area contributed by atoms with Gasteiger partial charge in [-0.2, -0.15) is 0 Å². The zero-order valence-electron chi connectivity index (χ0n) is 11.0. The van der Waals surface area contributed by atoms with Crippen molar-refractivity contribution in [3.8, 4) is 22.6 Å². The molecule has 104 valence electrons. The van der Waals surface area contributed by atoms with Gasteiger partial charge in [0.25, 0.3) is 0 Å². The maximum atomic E-state index is 11.1. The molecule has 2 aromatic carbocycles. The average Bonchev–Trinajstić information content (AvgIpc) is 2.98. The first-order valence-corrected chi connectivity index (χ1v) is 6.30. The molecule has 0 aliphatic heterocycles. The average molecular weight is 280 g/mol. The third-order valence-corrected chi connectivity index (χ3v) is 3.15. The number of rotatable bonds is 3. The number of benzene rings is 2. The summed E-state index contributed by atoms with van der Waals surface area (Å²) in [7, 11) is 0. The fraction of sp³-hybridized carbons (Fsp3) is 0. The van der Waals surface area contributed by atoms with Gasteiger partial charge in [-0.05, 0) is 18.2 Å². The molecule has 0 bridgehead atoms. The van der Waals surface area contributed by atoms with Crippen molar-refractivity contribution < 1.29 is 14.4 Å². The molecule has 3 aromatic rings. The Bertz CT molecular complexity index is 794. The molecule has 0 spiro atoms. The van der Waals surface area contributed by atoms with Crippen LogP contribution in [0.4, 0.5) is 5.69 Å². The molecule has 0 aliphatic carbocycles. The van der Waals surface area contributed by atoms with Gasteiger partial charge in [0.15, 0.2) is 5.76 Å². The molecule has 1 heterocycles. The van der Waals surface area contributed by atoms with Crippen LogP contribution >= 0.6 is 0 Å². The van der Waals surface area contributed by atoms with Crippen LogP contribution in [0.1, 0.15) is 10.4 Å². The number of hydrogen-bond donors (Lipinski definition) is 2. The van der Waals surface area contributed by atoms with Crippen molar-refractivity contribution in [3.05, 3.63) is 60.2 Å². The topological polar surface area (TPSA) is 89.4 Å². The lowest BCUT2D eigenvalue weighted by atomic mass is 10.1. The molecule has 3 rings (SSSR count). The van der Waals surface area contributed by atoms with E-state index in [0.29, 0.717) is 17.0 Å². The summed E-state index contributed by atoms with van der Waals surface area (Å²) in [6, 6.07) is 16.1. The third kappa shape index (κ3) is 2.49. The van der Waals surface area contributed by atoms with Crippen molar-refractivity contribution in [1.29, 1.82) is 0 Å². The highest BCUT2D eigenvalue weighted by Gasteiger charge is 2.13. The van der Waals surface area contributed by atoms with Gasteiger partial charge >= 0.3 is 5.97 Å². The molecule has 0 saturated carbocycles. The van der Waals surface area contributed by atoms with Crippen LogP contribution in [-0.4, -0.2) is 16.2 Å². The molecule has 0 aliphatic rings. The Kier molecular flexibility index (Phi) is 3.16. The monoisotopic (exact) mass is 280 g/mol. The van der Waals surface area contributed by atoms with Crippen molar-refractivity contribution in [3.63, 3.8) is 0 Å². The molecule has 21 heavy (non-hydrogen) atoms. The Morgan fingerprint density at radius 1 is 1.05 bits per heavy atom. The number of carboxylic acid groups (broad SMARTS) is 1. The first-order valence-electron chi connectivity index (χ1n) is 6.30. The molecule has 5 nitrogen and oxygen atoms in total. The van der Waals surface area contributed by atoms with E-state index >= 15 is 0 Å². The van der Waals surface area contributed by atoms with E-state index in [1.165, 1.54) is 6.07 Å². The van der Waals surface area contributed by atoms with Crippen LogP contribution in [-0.2, 0) is 0 Å². The highest BCUT2D eigenvalue weighted by molar-refractivity contribution is 5.95. The second-order valence-electron chi connectivity index (χ2n) is 4.55. The van der Waals surface area contributed by atoms with Gasteiger partial charge < -0.3 is 15.4 Å². The Balaban J connectivity index is 2.01. The summed E-state index contributed by atoms with van der Waals surface area (Å²) in [5, 5.41) is 13.1. The van der Waals surface area contributed by atoms with Crippen LogP contribution in [0.3, 0.4) is 0 Å². The lowest BCUT2D eigenvalue weighted by molar-refractivity contribution is 0.0698. The molecule has 0 fully saturated rings. The number of hydrogen-bond acceptors (Lipinski definition) is 4. The predicted octanol–water partition coefficient (Wildman–Crippen LogP) is 3.29. The molecule has 3 N–H and O–H groups in total. The molecular formula is C16H12N2O3. The second kappa shape index (κ2) is 5.13. The Morgan fingerprint density at radius 2 is 1.81 bits per heavy atom. The standard InChI is InChI=1S/C16H12N2O3/c17-13-7-6-11(8-12(13)16(19)20)15-9-14(18-21-15)10-4-2-1-3-5-10/h1-9H,17H2,(H,19,20). The summed E-state index contributed by atoms with van der Waals surface area (Å²) in [5.74, 6) is -0.575. The van der Waals surface area contributed by atoms with E-state index < -0.39 is 5.97 Å². The van der Waals surface area contributed by atoms with Crippen molar-refractivity contribution >= 4 is 11.7 Å². The van der Waals surface area contributed by atoms with Crippen LogP contribution in [0.15, 0.2) is 59.1 Å². The highest BCUT2D eigenvalue weighted by atomic mass is 16.5. The van der Waals surface area contributed by atoms with E-state index in [-0.39, 0.29) is 11.3 Å². The van der Waals surface area contributed by atoms with Crippen LogP contribution in [0.2, 0.25) is 0 Å². The smallest absolute Gasteiger partial charge is 0.337 e. The summed E-state index contributed by atoms with van der Waals surface area (Å²) in [6.45, 7) is 0. The first-order chi connectivity index (χ1) is 10.1. The molecular weight excluding hydrogens is 268 g/mol. The number of nitrogens with zero attached hydrogens (tertiary/aromatic N) is 1. The summed E-state index contributed by atoms with van der Waals surface area (Å²) >= 11 is 0. The van der Waals surface area contributed by atoms with E-state index in [1.807, 2.05) is 30.3 Å². The van der Waals surface area contributed by atoms with Crippen molar-refractivity contribution in [2.45, 2.75) is 0 Å². The van der Waals surface area contributed by atoms with Crippen LogP contribution in [0.25, 0.3) is 22.6 Å². The third-order valence-electron chi connectivity index (χ3n) is 3.15. The van der Waals surface area contributed by atoms with Crippen LogP contribution in [0, 0.1) is 0 Å². The molecule has 0 saturated heterocycles. The normalized spacial score (nSPS) is 10.5. The Hall–Kier alpha value is -3.08. The summed E-state index contributed by atoms with van der Waals surface area (Å²) in [4.78, 5) is 11.1. The summed E-state index contributed by atoms with van der Waals surface area (Å²) < 4.78 is 5.30. The van der Waals surface area contributed by atoms with E-state index in [1.54, 1.807) is 18.2 Å². The fourth-order valence-electron chi connectivity index (χ4n) is 2.05. The maximum absolute atomic E-state index is 11.1. The number of aromatic carboxylic acids is 1. The van der Waals surface area contributed by atoms with Gasteiger partial charge in [-0.25, -0.2) is 4.79 Å². The summed E-state index contributed by atoms with van der Waals surface area (Å²) in [6.07, 6.45) is 0. The lowest BCUT2D eigenvalue weighted by Crippen LogP contribution is -2.02. The van der Waals surface area contributed by atoms with Gasteiger partial charge in [-0.1, -0.05) is 35.5 Å². The first kappa shape index (κ1) is 12.9. The molecule has 0 unspecified atom stereocenters. The number of nitrogens with two attached hydrogens (primary N) is 1. The van der Waals surface area contributed by atoms with Crippen LogP contribution in [0.5, 0.6) is 0 Å². The number of aromatic nitrogens is 1. The quantitative estimate of drug-likeness (QED) is 0.718. The summed E-state index contributed by atoms with van der Waals surface area (Å²) in [5.41, 5.74) is 8.15. The molecule has 5 heteroatoms. The second-order valence-corrected chi connectivity index (χ2v) is 4.55. The lowest BCUT2D eigenvalue weighted by Gasteiger charge is -2.02. The van der Waals surface area contributed by atoms with Crippen molar-refractivity contribution in [1.82, 2.24) is 5.16 Å². The SMILES string of the molecule is Nc1ccc(-c2cc(-c3ccccc3)no2)cc1C(=O)O. The van der Waals surface area contributed by atoms with Gasteiger partial charge in [-0.3, -0.25) is 0 Å². The predicted molar refractivity (Wildman–Crippen MR) is 78.7 cm³/mol. The molecule has 0 atom stereocenters. The minimum atomic E-state index is -1.07. The fourth-order valence-corrected chi connectivity index (χ4v) is 2.05. The zero-order valence-corrected chi connectivity index (χ0v) is 11.0. The zero-order chi connectivity index (χ0) is 14.8. The molecule has 0 radical (unpaired) electrons. The van der Waals surface area contributed by atoms with Crippen molar-refractivity contribution in [2.24, 2.45) is 0 Å². The number of carboxylic acids is 1. The van der Waals surface area contributed by atoms with Crippen molar-refractivity contribution in [2.75, 3.05) is 5.73 Å². The molecule has 1 aromatic heterocycles. The van der Waals surface area contributed by atoms with Gasteiger partial charge in [0.05, 0.1) is 5.56 Å². The van der Waals surface area contributed by atoms with E-state index in [9.17, 15) is 4.79 Å². The number of carbonyl (C=O) groups is 1. The Morgan fingerprint density at radius 3 is 2.52 bits per heavy atom. The number of nitrogen functional groups attached to an aromatic ring is 1. The van der Waals surface area contributed by atoms with Gasteiger partial charge in [0.1, 0.15) is 5.69 Å². The van der Waals surface area contributed by atoms with Gasteiger partial charge in [0, 0.05) is 22.9 Å². The van der Waals surface area contributed by atoms with E-state index in [2.05, 4.69) is 5.16 Å². The van der Waals surface area contributed by atoms with Gasteiger partial charge in [0.2, 0.25) is 0 Å². The molecule has 0 amide bonds. The van der Waals surface area contributed by atoms with E-state index in [4.69, 9.17) is 15.4 Å². The minimum absolute atomic E-state index is 0.0464.